The van der Waals surface area contributed by atoms with Crippen LogP contribution in [0.1, 0.15) is 15.9 Å². The van der Waals surface area contributed by atoms with E-state index in [2.05, 4.69) is 4.98 Å². The molecule has 1 aromatic carbocycles. The van der Waals surface area contributed by atoms with Crippen LogP contribution < -0.4 is 16.9 Å². The van der Waals surface area contributed by atoms with Gasteiger partial charge in [-0.25, -0.2) is 0 Å². The molecule has 0 saturated carbocycles. The van der Waals surface area contributed by atoms with E-state index in [-0.39, 0.29) is 5.56 Å². The lowest BCUT2D eigenvalue weighted by atomic mass is 10.1. The molecule has 0 radical (unpaired) electrons. The number of fused-ring (bicyclic) bond motifs is 1. The highest BCUT2D eigenvalue weighted by Gasteiger charge is 2.15. The molecule has 6 nitrogen and oxygen atoms in total. The molecule has 0 bridgehead atoms. The molecule has 2 heterocycles. The van der Waals surface area contributed by atoms with Crippen LogP contribution >= 0.6 is 0 Å². The largest absolute Gasteiger partial charge is 0.398 e. The van der Waals surface area contributed by atoms with E-state index in [1.165, 1.54) is 6.20 Å². The van der Waals surface area contributed by atoms with Crippen molar-refractivity contribution < 1.29 is 4.79 Å². The predicted octanol–water partition coefficient (Wildman–Crippen LogP) is 1.13. The average Bonchev–Trinajstić information content (AvgIpc) is 2.50. The maximum atomic E-state index is 12.4. The number of benzene rings is 1. The summed E-state index contributed by atoms with van der Waals surface area (Å²) < 4.78 is 1.78. The van der Waals surface area contributed by atoms with Crippen molar-refractivity contribution >= 4 is 22.5 Å². The zero-order valence-electron chi connectivity index (χ0n) is 11.7. The molecular weight excluding hydrogens is 280 g/mol. The van der Waals surface area contributed by atoms with Gasteiger partial charge in [0.2, 0.25) is 5.43 Å². The number of nitrogens with two attached hydrogens (primary N) is 2. The van der Waals surface area contributed by atoms with Crippen LogP contribution in [-0.2, 0) is 6.54 Å². The van der Waals surface area contributed by atoms with Crippen LogP contribution in [-0.4, -0.2) is 15.5 Å². The Bertz CT molecular complexity index is 917. The summed E-state index contributed by atoms with van der Waals surface area (Å²) in [6.07, 6.45) is 4.87. The summed E-state index contributed by atoms with van der Waals surface area (Å²) >= 11 is 0. The number of aromatic nitrogens is 2. The number of nitrogen functional groups attached to an aromatic ring is 1. The van der Waals surface area contributed by atoms with E-state index in [1.54, 1.807) is 35.2 Å². The zero-order valence-corrected chi connectivity index (χ0v) is 11.7. The van der Waals surface area contributed by atoms with Gasteiger partial charge in [-0.05, 0) is 23.8 Å². The summed E-state index contributed by atoms with van der Waals surface area (Å²) in [5, 5.41) is 0.308. The van der Waals surface area contributed by atoms with Crippen molar-refractivity contribution in [3.63, 3.8) is 0 Å². The normalized spacial score (nSPS) is 10.7. The van der Waals surface area contributed by atoms with Crippen molar-refractivity contribution in [2.24, 2.45) is 5.73 Å². The molecule has 0 aliphatic heterocycles. The minimum Gasteiger partial charge on any atom is -0.398 e. The molecule has 0 fully saturated rings. The summed E-state index contributed by atoms with van der Waals surface area (Å²) in [5.41, 5.74) is 12.6. The van der Waals surface area contributed by atoms with Crippen LogP contribution in [0, 0.1) is 0 Å². The van der Waals surface area contributed by atoms with E-state index < -0.39 is 11.3 Å². The summed E-state index contributed by atoms with van der Waals surface area (Å²) in [6.45, 7) is 0.453. The molecule has 110 valence electrons. The molecule has 0 unspecified atom stereocenters. The number of hydrogen-bond acceptors (Lipinski definition) is 4. The minimum atomic E-state index is -0.768. The molecule has 4 N–H and O–H groups in total. The second kappa shape index (κ2) is 5.33. The molecule has 0 spiro atoms. The first-order valence-corrected chi connectivity index (χ1v) is 6.68. The Kier molecular flexibility index (Phi) is 3.34. The summed E-state index contributed by atoms with van der Waals surface area (Å²) in [5.74, 6) is -0.768. The second-order valence-corrected chi connectivity index (χ2v) is 4.97. The van der Waals surface area contributed by atoms with Gasteiger partial charge in [-0.15, -0.1) is 0 Å². The van der Waals surface area contributed by atoms with E-state index in [1.807, 2.05) is 12.1 Å². The van der Waals surface area contributed by atoms with Crippen molar-refractivity contribution in [3.05, 3.63) is 70.3 Å². The average molecular weight is 294 g/mol. The third-order valence-corrected chi connectivity index (χ3v) is 3.48. The second-order valence-electron chi connectivity index (χ2n) is 4.97. The van der Waals surface area contributed by atoms with Crippen molar-refractivity contribution in [2.45, 2.75) is 6.54 Å². The molecule has 0 aliphatic carbocycles. The van der Waals surface area contributed by atoms with Crippen LogP contribution in [0.3, 0.4) is 0 Å². The molecular formula is C16H14N4O2. The first kappa shape index (κ1) is 13.8. The number of primary amides is 1. The number of carbonyl (C=O) groups excluding carboxylic acids is 1. The summed E-state index contributed by atoms with van der Waals surface area (Å²) in [4.78, 5) is 28.0. The lowest BCUT2D eigenvalue weighted by Crippen LogP contribution is -2.25. The molecule has 3 aromatic rings. The molecule has 6 heteroatoms. The van der Waals surface area contributed by atoms with E-state index in [4.69, 9.17) is 11.5 Å². The van der Waals surface area contributed by atoms with Gasteiger partial charge in [0.25, 0.3) is 5.91 Å². The first-order valence-electron chi connectivity index (χ1n) is 6.68. The highest BCUT2D eigenvalue weighted by atomic mass is 16.2. The van der Waals surface area contributed by atoms with Crippen molar-refractivity contribution in [3.8, 4) is 0 Å². The van der Waals surface area contributed by atoms with Crippen LogP contribution in [0.2, 0.25) is 0 Å². The van der Waals surface area contributed by atoms with Gasteiger partial charge in [-0.3, -0.25) is 14.6 Å². The molecule has 22 heavy (non-hydrogen) atoms. The number of nitrogens with zero attached hydrogens (tertiary/aromatic N) is 2. The quantitative estimate of drug-likeness (QED) is 0.706. The molecule has 3 rings (SSSR count). The topological polar surface area (TPSA) is 104 Å². The first-order chi connectivity index (χ1) is 10.6. The smallest absolute Gasteiger partial charge is 0.254 e. The van der Waals surface area contributed by atoms with Gasteiger partial charge in [-0.2, -0.15) is 0 Å². The van der Waals surface area contributed by atoms with Gasteiger partial charge in [0.05, 0.1) is 10.9 Å². The highest BCUT2D eigenvalue weighted by molar-refractivity contribution is 5.99. The third kappa shape index (κ3) is 2.31. The van der Waals surface area contributed by atoms with E-state index >= 15 is 0 Å². The lowest BCUT2D eigenvalue weighted by molar-refractivity contribution is 0.0999. The van der Waals surface area contributed by atoms with E-state index in [0.29, 0.717) is 23.1 Å². The Labute approximate surface area is 126 Å². The fraction of sp³-hybridized carbons (Fsp3) is 0.0625. The highest BCUT2D eigenvalue weighted by Crippen LogP contribution is 2.19. The van der Waals surface area contributed by atoms with Gasteiger partial charge in [0.15, 0.2) is 0 Å². The van der Waals surface area contributed by atoms with Crippen LogP contribution in [0.25, 0.3) is 10.9 Å². The monoisotopic (exact) mass is 294 g/mol. The molecule has 0 atom stereocenters. The van der Waals surface area contributed by atoms with E-state index in [0.717, 1.165) is 5.56 Å². The fourth-order valence-electron chi connectivity index (χ4n) is 2.46. The third-order valence-electron chi connectivity index (χ3n) is 3.48. The molecule has 1 amide bonds. The maximum Gasteiger partial charge on any atom is 0.254 e. The Morgan fingerprint density at radius 3 is 2.73 bits per heavy atom. The molecule has 0 aliphatic rings. The predicted molar refractivity (Wildman–Crippen MR) is 84.5 cm³/mol. The van der Waals surface area contributed by atoms with Crippen LogP contribution in [0.4, 0.5) is 5.69 Å². The van der Waals surface area contributed by atoms with Crippen molar-refractivity contribution in [2.75, 3.05) is 5.73 Å². The van der Waals surface area contributed by atoms with Gasteiger partial charge < -0.3 is 16.0 Å². The van der Waals surface area contributed by atoms with Gasteiger partial charge in [0, 0.05) is 30.8 Å². The maximum absolute atomic E-state index is 12.4. The van der Waals surface area contributed by atoms with Gasteiger partial charge >= 0.3 is 0 Å². The number of carbonyl (C=O) groups is 1. The Hall–Kier alpha value is -3.15. The number of rotatable bonds is 3. The van der Waals surface area contributed by atoms with Crippen molar-refractivity contribution in [1.29, 1.82) is 0 Å². The Morgan fingerprint density at radius 1 is 1.23 bits per heavy atom. The van der Waals surface area contributed by atoms with Crippen LogP contribution in [0.15, 0.2) is 53.7 Å². The number of amides is 1. The SMILES string of the molecule is NC(=O)c1cn(Cc2cccnc2)c2cccc(N)c2c1=O. The number of hydrogen-bond donors (Lipinski definition) is 2. The standard InChI is InChI=1S/C16H14N4O2/c17-12-4-1-5-13-14(12)15(21)11(16(18)22)9-20(13)8-10-3-2-6-19-7-10/h1-7,9H,8,17H2,(H2,18,22). The molecule has 2 aromatic heterocycles. The minimum absolute atomic E-state index is 0.0747. The van der Waals surface area contributed by atoms with Gasteiger partial charge in [0.1, 0.15) is 5.56 Å². The Balaban J connectivity index is 2.29. The van der Waals surface area contributed by atoms with Crippen LogP contribution in [0.5, 0.6) is 0 Å². The van der Waals surface area contributed by atoms with Gasteiger partial charge in [-0.1, -0.05) is 12.1 Å². The van der Waals surface area contributed by atoms with Crippen molar-refractivity contribution in [1.82, 2.24) is 9.55 Å². The molecule has 0 saturated heterocycles. The summed E-state index contributed by atoms with van der Waals surface area (Å²) in [7, 11) is 0. The lowest BCUT2D eigenvalue weighted by Gasteiger charge is -2.13. The fourth-order valence-corrected chi connectivity index (χ4v) is 2.46. The summed E-state index contributed by atoms with van der Waals surface area (Å²) in [6, 6.07) is 8.91. The zero-order chi connectivity index (χ0) is 15.7. The number of anilines is 1. The Morgan fingerprint density at radius 2 is 2.05 bits per heavy atom. The number of pyridine rings is 2. The van der Waals surface area contributed by atoms with E-state index in [9.17, 15) is 9.59 Å².